The van der Waals surface area contributed by atoms with Gasteiger partial charge >= 0.3 is 0 Å². The Hall–Kier alpha value is -1.77. The van der Waals surface area contributed by atoms with Crippen molar-refractivity contribution in [2.24, 2.45) is 4.99 Å². The van der Waals surface area contributed by atoms with E-state index in [9.17, 15) is 9.59 Å². The quantitative estimate of drug-likeness (QED) is 0.471. The van der Waals surface area contributed by atoms with E-state index in [0.717, 1.165) is 42.4 Å². The van der Waals surface area contributed by atoms with E-state index in [1.54, 1.807) is 18.5 Å². The molecule has 17 heavy (non-hydrogen) atoms. The van der Waals surface area contributed by atoms with Gasteiger partial charge in [0.15, 0.2) is 11.6 Å². The lowest BCUT2D eigenvalue weighted by molar-refractivity contribution is -0.116. The zero-order valence-electron chi connectivity index (χ0n) is 9.53. The summed E-state index contributed by atoms with van der Waals surface area (Å²) in [4.78, 5) is 28.4. The molecule has 1 heterocycles. The fourth-order valence-corrected chi connectivity index (χ4v) is 2.70. The van der Waals surface area contributed by atoms with Gasteiger partial charge in [-0.3, -0.25) is 14.6 Å². The molecule has 3 rings (SSSR count). The van der Waals surface area contributed by atoms with Crippen LogP contribution in [-0.2, 0) is 9.59 Å². The summed E-state index contributed by atoms with van der Waals surface area (Å²) >= 11 is 0. The minimum atomic E-state index is -0.0281. The molecule has 2 aliphatic carbocycles. The second-order valence-corrected chi connectivity index (χ2v) is 4.57. The van der Waals surface area contributed by atoms with Gasteiger partial charge in [-0.2, -0.15) is 0 Å². The SMILES string of the molecule is O=C1C2=C(CCCC2)C(=O)C1=C1C=CN=CC1. The van der Waals surface area contributed by atoms with Crippen LogP contribution >= 0.6 is 0 Å². The van der Waals surface area contributed by atoms with E-state index in [-0.39, 0.29) is 11.6 Å². The van der Waals surface area contributed by atoms with Crippen LogP contribution in [0.25, 0.3) is 0 Å². The van der Waals surface area contributed by atoms with Gasteiger partial charge in [-0.1, -0.05) is 0 Å². The molecule has 0 fully saturated rings. The zero-order valence-corrected chi connectivity index (χ0v) is 9.53. The first-order chi connectivity index (χ1) is 8.29. The molecule has 0 saturated carbocycles. The number of ketones is 2. The second kappa shape index (κ2) is 3.91. The Morgan fingerprint density at radius 2 is 1.65 bits per heavy atom. The maximum Gasteiger partial charge on any atom is 0.193 e. The third-order valence-corrected chi connectivity index (χ3v) is 3.57. The Morgan fingerprint density at radius 3 is 2.18 bits per heavy atom. The number of hydrogen-bond acceptors (Lipinski definition) is 3. The Morgan fingerprint density at radius 1 is 1.00 bits per heavy atom. The molecule has 0 aromatic rings. The summed E-state index contributed by atoms with van der Waals surface area (Å²) in [6, 6.07) is 0. The number of hydrogen-bond donors (Lipinski definition) is 0. The lowest BCUT2D eigenvalue weighted by atomic mass is 9.93. The molecular formula is C14H13NO2. The first-order valence-corrected chi connectivity index (χ1v) is 6.02. The Balaban J connectivity index is 2.06. The summed E-state index contributed by atoms with van der Waals surface area (Å²) in [5.74, 6) is -0.0562. The van der Waals surface area contributed by atoms with Crippen molar-refractivity contribution >= 4 is 17.8 Å². The van der Waals surface area contributed by atoms with Crippen LogP contribution in [0.4, 0.5) is 0 Å². The van der Waals surface area contributed by atoms with Crippen molar-refractivity contribution in [2.45, 2.75) is 32.1 Å². The normalized spacial score (nSPS) is 23.8. The highest BCUT2D eigenvalue weighted by Crippen LogP contribution is 2.37. The predicted molar refractivity (Wildman–Crippen MR) is 64.8 cm³/mol. The standard InChI is InChI=1S/C14H13NO2/c16-13-10-3-1-2-4-11(10)14(17)12(13)9-5-7-15-8-6-9/h5,7-8H,1-4,6H2. The zero-order chi connectivity index (χ0) is 11.8. The maximum absolute atomic E-state index is 12.2. The first-order valence-electron chi connectivity index (χ1n) is 6.02. The van der Waals surface area contributed by atoms with E-state index < -0.39 is 0 Å². The van der Waals surface area contributed by atoms with Crippen molar-refractivity contribution in [3.8, 4) is 0 Å². The highest BCUT2D eigenvalue weighted by atomic mass is 16.2. The van der Waals surface area contributed by atoms with Crippen LogP contribution < -0.4 is 0 Å². The van der Waals surface area contributed by atoms with Crippen molar-refractivity contribution in [1.29, 1.82) is 0 Å². The molecule has 3 heteroatoms. The molecule has 0 aromatic heterocycles. The molecule has 0 N–H and O–H groups in total. The number of rotatable bonds is 0. The van der Waals surface area contributed by atoms with Gasteiger partial charge in [-0.15, -0.1) is 0 Å². The van der Waals surface area contributed by atoms with Crippen LogP contribution in [0.2, 0.25) is 0 Å². The fourth-order valence-electron chi connectivity index (χ4n) is 2.70. The molecule has 3 aliphatic rings. The molecule has 1 aliphatic heterocycles. The Labute approximate surface area is 99.6 Å². The van der Waals surface area contributed by atoms with Gasteiger partial charge in [0.05, 0.1) is 5.57 Å². The topological polar surface area (TPSA) is 46.5 Å². The van der Waals surface area contributed by atoms with E-state index in [1.807, 2.05) is 0 Å². The van der Waals surface area contributed by atoms with Crippen LogP contribution in [0.1, 0.15) is 32.1 Å². The smallest absolute Gasteiger partial charge is 0.193 e. The number of nitrogens with zero attached hydrogens (tertiary/aromatic N) is 1. The second-order valence-electron chi connectivity index (χ2n) is 4.57. The lowest BCUT2D eigenvalue weighted by Crippen LogP contribution is -2.08. The summed E-state index contributed by atoms with van der Waals surface area (Å²) < 4.78 is 0. The molecule has 3 nitrogen and oxygen atoms in total. The van der Waals surface area contributed by atoms with Gasteiger partial charge in [0, 0.05) is 30.0 Å². The Kier molecular flexibility index (Phi) is 2.39. The number of allylic oxidation sites excluding steroid dienone is 5. The van der Waals surface area contributed by atoms with Crippen LogP contribution in [0.5, 0.6) is 0 Å². The van der Waals surface area contributed by atoms with Gasteiger partial charge < -0.3 is 0 Å². The van der Waals surface area contributed by atoms with Gasteiger partial charge in [-0.25, -0.2) is 0 Å². The average Bonchev–Trinajstić information content (AvgIpc) is 2.64. The summed E-state index contributed by atoms with van der Waals surface area (Å²) in [5, 5.41) is 0. The van der Waals surface area contributed by atoms with E-state index in [1.165, 1.54) is 0 Å². The highest BCUT2D eigenvalue weighted by molar-refractivity contribution is 6.38. The molecular weight excluding hydrogens is 214 g/mol. The molecule has 0 radical (unpaired) electrons. The maximum atomic E-state index is 12.2. The summed E-state index contributed by atoms with van der Waals surface area (Å²) in [6.07, 6.45) is 9.34. The third-order valence-electron chi connectivity index (χ3n) is 3.57. The van der Waals surface area contributed by atoms with Crippen molar-refractivity contribution in [2.75, 3.05) is 0 Å². The van der Waals surface area contributed by atoms with E-state index in [0.29, 0.717) is 12.0 Å². The molecule has 0 spiro atoms. The van der Waals surface area contributed by atoms with Gasteiger partial charge in [0.2, 0.25) is 0 Å². The number of carbonyl (C=O) groups excluding carboxylic acids is 2. The first kappa shape index (κ1) is 10.4. The molecule has 0 atom stereocenters. The minimum Gasteiger partial charge on any atom is -0.289 e. The summed E-state index contributed by atoms with van der Waals surface area (Å²) in [7, 11) is 0. The molecule has 86 valence electrons. The van der Waals surface area contributed by atoms with Crippen molar-refractivity contribution in [1.82, 2.24) is 0 Å². The van der Waals surface area contributed by atoms with E-state index >= 15 is 0 Å². The molecule has 0 amide bonds. The third kappa shape index (κ3) is 1.54. The molecule has 0 saturated heterocycles. The number of aliphatic imine (C=N–C) groups is 1. The van der Waals surface area contributed by atoms with Crippen LogP contribution in [0.3, 0.4) is 0 Å². The van der Waals surface area contributed by atoms with E-state index in [2.05, 4.69) is 4.99 Å². The minimum absolute atomic E-state index is 0.0281. The largest absolute Gasteiger partial charge is 0.289 e. The number of Topliss-reactive ketones (excluding diaryl/α,β-unsaturated/α-hetero) is 2. The average molecular weight is 227 g/mol. The lowest BCUT2D eigenvalue weighted by Gasteiger charge is -2.09. The molecule has 0 bridgehead atoms. The van der Waals surface area contributed by atoms with Crippen molar-refractivity contribution < 1.29 is 9.59 Å². The van der Waals surface area contributed by atoms with Crippen molar-refractivity contribution in [3.63, 3.8) is 0 Å². The molecule has 0 aromatic carbocycles. The van der Waals surface area contributed by atoms with Crippen molar-refractivity contribution in [3.05, 3.63) is 34.6 Å². The van der Waals surface area contributed by atoms with Gasteiger partial charge in [-0.05, 0) is 37.3 Å². The fraction of sp³-hybridized carbons (Fsp3) is 0.357. The monoisotopic (exact) mass is 227 g/mol. The van der Waals surface area contributed by atoms with Crippen LogP contribution in [0, 0.1) is 0 Å². The highest BCUT2D eigenvalue weighted by Gasteiger charge is 2.37. The van der Waals surface area contributed by atoms with E-state index in [4.69, 9.17) is 0 Å². The number of carbonyl (C=O) groups is 2. The molecule has 0 unspecified atom stereocenters. The summed E-state index contributed by atoms with van der Waals surface area (Å²) in [5.41, 5.74) is 2.78. The van der Waals surface area contributed by atoms with Gasteiger partial charge in [0.25, 0.3) is 0 Å². The summed E-state index contributed by atoms with van der Waals surface area (Å²) in [6.45, 7) is 0. The van der Waals surface area contributed by atoms with Gasteiger partial charge in [0.1, 0.15) is 0 Å². The predicted octanol–water partition coefficient (Wildman–Crippen LogP) is 2.29. The van der Waals surface area contributed by atoms with Crippen LogP contribution in [0.15, 0.2) is 39.6 Å². The van der Waals surface area contributed by atoms with Crippen LogP contribution in [-0.4, -0.2) is 17.8 Å². The Bertz CT molecular complexity index is 502.